The second-order valence-electron chi connectivity index (χ2n) is 6.84. The lowest BCUT2D eigenvalue weighted by atomic mass is 10.0. The van der Waals surface area contributed by atoms with E-state index in [0.29, 0.717) is 22.6 Å². The third-order valence-electron chi connectivity index (χ3n) is 4.53. The molecule has 0 saturated heterocycles. The molecule has 3 aromatic rings. The Labute approximate surface area is 174 Å². The van der Waals surface area contributed by atoms with E-state index in [1.807, 2.05) is 36.4 Å². The summed E-state index contributed by atoms with van der Waals surface area (Å²) in [6.45, 7) is 3.41. The molecule has 0 aliphatic carbocycles. The van der Waals surface area contributed by atoms with Crippen LogP contribution >= 0.6 is 0 Å². The summed E-state index contributed by atoms with van der Waals surface area (Å²) >= 11 is 0. The predicted molar refractivity (Wildman–Crippen MR) is 111 cm³/mol. The van der Waals surface area contributed by atoms with Gasteiger partial charge < -0.3 is 9.73 Å². The van der Waals surface area contributed by atoms with Gasteiger partial charge in [-0.2, -0.15) is 0 Å². The van der Waals surface area contributed by atoms with Crippen molar-refractivity contribution in [3.63, 3.8) is 0 Å². The SMILES string of the molecule is Cc1cc(C(=O)NNC(=O)C[C@@H](NC(=O)c2ccccc2)c2ccccc2)c(C)o1. The summed E-state index contributed by atoms with van der Waals surface area (Å²) in [6, 6.07) is 19.0. The normalized spacial score (nSPS) is 11.4. The predicted octanol–water partition coefficient (Wildman–Crippen LogP) is 3.22. The number of rotatable bonds is 6. The molecule has 0 radical (unpaired) electrons. The number of furan rings is 1. The molecule has 0 unspecified atom stereocenters. The lowest BCUT2D eigenvalue weighted by Crippen LogP contribution is -2.43. The standard InChI is InChI=1S/C23H23N3O4/c1-15-13-19(16(2)30-15)23(29)26-25-21(27)14-20(17-9-5-3-6-10-17)24-22(28)18-11-7-4-8-12-18/h3-13,20H,14H2,1-2H3,(H,24,28)(H,25,27)(H,26,29)/t20-/m1/s1. The number of aryl methyl sites for hydroxylation is 2. The van der Waals surface area contributed by atoms with Crippen molar-refractivity contribution < 1.29 is 18.8 Å². The van der Waals surface area contributed by atoms with Gasteiger partial charge in [0.2, 0.25) is 5.91 Å². The highest BCUT2D eigenvalue weighted by Crippen LogP contribution is 2.18. The first-order chi connectivity index (χ1) is 14.4. The lowest BCUT2D eigenvalue weighted by molar-refractivity contribution is -0.122. The first-order valence-electron chi connectivity index (χ1n) is 9.51. The Balaban J connectivity index is 1.65. The first kappa shape index (κ1) is 20.9. The molecule has 0 saturated carbocycles. The van der Waals surface area contributed by atoms with E-state index in [2.05, 4.69) is 16.2 Å². The zero-order valence-electron chi connectivity index (χ0n) is 16.8. The molecule has 154 valence electrons. The Morgan fingerprint density at radius 2 is 1.50 bits per heavy atom. The van der Waals surface area contributed by atoms with Gasteiger partial charge in [0, 0.05) is 5.56 Å². The topological polar surface area (TPSA) is 100 Å². The molecule has 3 amide bonds. The Morgan fingerprint density at radius 1 is 0.867 bits per heavy atom. The summed E-state index contributed by atoms with van der Waals surface area (Å²) in [5.74, 6) is -0.121. The first-order valence-corrected chi connectivity index (χ1v) is 9.51. The summed E-state index contributed by atoms with van der Waals surface area (Å²) < 4.78 is 5.33. The molecule has 0 aliphatic rings. The Bertz CT molecular complexity index is 1030. The number of amides is 3. The van der Waals surface area contributed by atoms with E-state index in [1.54, 1.807) is 44.2 Å². The van der Waals surface area contributed by atoms with Crippen LogP contribution in [0, 0.1) is 13.8 Å². The van der Waals surface area contributed by atoms with Crippen molar-refractivity contribution in [1.82, 2.24) is 16.2 Å². The summed E-state index contributed by atoms with van der Waals surface area (Å²) in [5.41, 5.74) is 6.41. The van der Waals surface area contributed by atoms with Crippen molar-refractivity contribution in [2.45, 2.75) is 26.3 Å². The van der Waals surface area contributed by atoms with Gasteiger partial charge in [-0.25, -0.2) is 0 Å². The van der Waals surface area contributed by atoms with Crippen molar-refractivity contribution >= 4 is 17.7 Å². The van der Waals surface area contributed by atoms with Gasteiger partial charge in [-0.15, -0.1) is 0 Å². The second-order valence-corrected chi connectivity index (χ2v) is 6.84. The number of hydrazine groups is 1. The molecule has 0 spiro atoms. The van der Waals surface area contributed by atoms with Gasteiger partial charge in [0.05, 0.1) is 18.0 Å². The number of benzene rings is 2. The van der Waals surface area contributed by atoms with Gasteiger partial charge in [0.25, 0.3) is 11.8 Å². The van der Waals surface area contributed by atoms with E-state index in [0.717, 1.165) is 5.56 Å². The van der Waals surface area contributed by atoms with E-state index in [-0.39, 0.29) is 12.3 Å². The molecule has 1 aromatic heterocycles. The van der Waals surface area contributed by atoms with Crippen LogP contribution in [0.15, 0.2) is 71.1 Å². The van der Waals surface area contributed by atoms with Gasteiger partial charge in [0.15, 0.2) is 0 Å². The largest absolute Gasteiger partial charge is 0.466 e. The number of nitrogens with one attached hydrogen (secondary N) is 3. The maximum Gasteiger partial charge on any atom is 0.273 e. The van der Waals surface area contributed by atoms with Crippen molar-refractivity contribution in [1.29, 1.82) is 0 Å². The van der Waals surface area contributed by atoms with Gasteiger partial charge in [-0.3, -0.25) is 25.2 Å². The highest BCUT2D eigenvalue weighted by atomic mass is 16.3. The molecule has 7 nitrogen and oxygen atoms in total. The average Bonchev–Trinajstić information content (AvgIpc) is 3.10. The number of carbonyl (C=O) groups excluding carboxylic acids is 3. The van der Waals surface area contributed by atoms with Crippen molar-refractivity contribution in [2.24, 2.45) is 0 Å². The smallest absolute Gasteiger partial charge is 0.273 e. The van der Waals surface area contributed by atoms with Crippen molar-refractivity contribution in [3.05, 3.63) is 94.9 Å². The third kappa shape index (κ3) is 5.35. The molecule has 0 fully saturated rings. The van der Waals surface area contributed by atoms with Crippen LogP contribution in [0.1, 0.15) is 50.3 Å². The number of carbonyl (C=O) groups is 3. The summed E-state index contributed by atoms with van der Waals surface area (Å²) in [5, 5.41) is 2.88. The molecular formula is C23H23N3O4. The quantitative estimate of drug-likeness (QED) is 0.548. The molecule has 3 N–H and O–H groups in total. The summed E-state index contributed by atoms with van der Waals surface area (Å²) in [7, 11) is 0. The fourth-order valence-electron chi connectivity index (χ4n) is 3.06. The second kappa shape index (κ2) is 9.56. The summed E-state index contributed by atoms with van der Waals surface area (Å²) in [4.78, 5) is 37.3. The molecule has 1 atom stereocenters. The number of hydrogen-bond donors (Lipinski definition) is 3. The fraction of sp³-hybridized carbons (Fsp3) is 0.174. The minimum absolute atomic E-state index is 0.0493. The summed E-state index contributed by atoms with van der Waals surface area (Å²) in [6.07, 6.45) is -0.0493. The van der Waals surface area contributed by atoms with E-state index in [9.17, 15) is 14.4 Å². The lowest BCUT2D eigenvalue weighted by Gasteiger charge is -2.19. The zero-order valence-corrected chi connectivity index (χ0v) is 16.8. The Kier molecular flexibility index (Phi) is 6.64. The molecule has 0 bridgehead atoms. The van der Waals surface area contributed by atoms with Crippen LogP contribution in [0.25, 0.3) is 0 Å². The average molecular weight is 405 g/mol. The van der Waals surface area contributed by atoms with Crippen LogP contribution in [0.4, 0.5) is 0 Å². The van der Waals surface area contributed by atoms with Crippen LogP contribution in [-0.4, -0.2) is 17.7 Å². The maximum absolute atomic E-state index is 12.6. The van der Waals surface area contributed by atoms with E-state index >= 15 is 0 Å². The van der Waals surface area contributed by atoms with Crippen LogP contribution in [0.2, 0.25) is 0 Å². The third-order valence-corrected chi connectivity index (χ3v) is 4.53. The van der Waals surface area contributed by atoms with E-state index in [4.69, 9.17) is 4.42 Å². The van der Waals surface area contributed by atoms with Gasteiger partial charge >= 0.3 is 0 Å². The molecule has 3 rings (SSSR count). The molecule has 30 heavy (non-hydrogen) atoms. The van der Waals surface area contributed by atoms with E-state index in [1.165, 1.54) is 0 Å². The van der Waals surface area contributed by atoms with E-state index < -0.39 is 17.9 Å². The minimum atomic E-state index is -0.561. The minimum Gasteiger partial charge on any atom is -0.466 e. The fourth-order valence-corrected chi connectivity index (χ4v) is 3.06. The van der Waals surface area contributed by atoms with Crippen LogP contribution in [0.5, 0.6) is 0 Å². The van der Waals surface area contributed by atoms with Crippen LogP contribution in [-0.2, 0) is 4.79 Å². The molecule has 2 aromatic carbocycles. The highest BCUT2D eigenvalue weighted by molar-refractivity contribution is 5.97. The van der Waals surface area contributed by atoms with Gasteiger partial charge in [0.1, 0.15) is 11.5 Å². The molecule has 0 aliphatic heterocycles. The van der Waals surface area contributed by atoms with Crippen molar-refractivity contribution in [2.75, 3.05) is 0 Å². The Morgan fingerprint density at radius 3 is 2.10 bits per heavy atom. The van der Waals surface area contributed by atoms with Crippen LogP contribution < -0.4 is 16.2 Å². The van der Waals surface area contributed by atoms with Gasteiger partial charge in [-0.05, 0) is 37.6 Å². The maximum atomic E-state index is 12.6. The zero-order chi connectivity index (χ0) is 21.5. The highest BCUT2D eigenvalue weighted by Gasteiger charge is 2.20. The van der Waals surface area contributed by atoms with Crippen LogP contribution in [0.3, 0.4) is 0 Å². The molecular weight excluding hydrogens is 382 g/mol. The van der Waals surface area contributed by atoms with Crippen molar-refractivity contribution in [3.8, 4) is 0 Å². The number of hydrogen-bond acceptors (Lipinski definition) is 4. The molecule has 7 heteroatoms. The molecule has 1 heterocycles. The van der Waals surface area contributed by atoms with Gasteiger partial charge in [-0.1, -0.05) is 48.5 Å². The monoisotopic (exact) mass is 405 g/mol. The Hall–Kier alpha value is -3.87.